The Bertz CT molecular complexity index is 479. The first-order chi connectivity index (χ1) is 9.12. The molecule has 3 atom stereocenters. The lowest BCUT2D eigenvalue weighted by Crippen LogP contribution is -2.49. The summed E-state index contributed by atoms with van der Waals surface area (Å²) < 4.78 is 13.2. The SMILES string of the molecule is CCC1CC2(CCO1)CC(N)c1cc(Br)ccc1O2. The van der Waals surface area contributed by atoms with Crippen LogP contribution in [0.15, 0.2) is 22.7 Å². The molecule has 19 heavy (non-hydrogen) atoms. The number of ether oxygens (including phenoxy) is 2. The zero-order valence-corrected chi connectivity index (χ0v) is 12.8. The molecule has 0 aliphatic carbocycles. The molecule has 2 heterocycles. The second-order valence-corrected chi connectivity index (χ2v) is 6.55. The lowest BCUT2D eigenvalue weighted by molar-refractivity contribution is -0.102. The number of halogens is 1. The summed E-state index contributed by atoms with van der Waals surface area (Å²) >= 11 is 3.50. The van der Waals surface area contributed by atoms with Crippen LogP contribution >= 0.6 is 15.9 Å². The summed E-state index contributed by atoms with van der Waals surface area (Å²) in [4.78, 5) is 0. The summed E-state index contributed by atoms with van der Waals surface area (Å²) in [6, 6.07) is 6.17. The maximum atomic E-state index is 6.37. The van der Waals surface area contributed by atoms with E-state index in [9.17, 15) is 0 Å². The number of hydrogen-bond donors (Lipinski definition) is 1. The molecule has 0 bridgehead atoms. The van der Waals surface area contributed by atoms with Gasteiger partial charge in [0.1, 0.15) is 11.4 Å². The third-order valence-corrected chi connectivity index (χ3v) is 4.75. The van der Waals surface area contributed by atoms with Gasteiger partial charge < -0.3 is 15.2 Å². The van der Waals surface area contributed by atoms with E-state index < -0.39 is 0 Å². The van der Waals surface area contributed by atoms with Crippen LogP contribution < -0.4 is 10.5 Å². The van der Waals surface area contributed by atoms with Crippen LogP contribution in [0.1, 0.15) is 44.2 Å². The molecule has 0 aromatic heterocycles. The lowest BCUT2D eigenvalue weighted by Gasteiger charge is -2.45. The number of rotatable bonds is 1. The minimum Gasteiger partial charge on any atom is -0.487 e. The Morgan fingerprint density at radius 1 is 1.42 bits per heavy atom. The molecule has 0 saturated carbocycles. The van der Waals surface area contributed by atoms with E-state index in [0.717, 1.165) is 48.1 Å². The number of nitrogens with two attached hydrogens (primary N) is 1. The summed E-state index contributed by atoms with van der Waals surface area (Å²) in [6.07, 6.45) is 4.11. The van der Waals surface area contributed by atoms with Crippen molar-refractivity contribution in [3.63, 3.8) is 0 Å². The van der Waals surface area contributed by atoms with Gasteiger partial charge in [0.25, 0.3) is 0 Å². The van der Waals surface area contributed by atoms with Gasteiger partial charge in [-0.25, -0.2) is 0 Å². The topological polar surface area (TPSA) is 44.5 Å². The van der Waals surface area contributed by atoms with Crippen LogP contribution in [0.5, 0.6) is 5.75 Å². The highest BCUT2D eigenvalue weighted by Gasteiger charge is 2.43. The molecule has 104 valence electrons. The third-order valence-electron chi connectivity index (χ3n) is 4.26. The van der Waals surface area contributed by atoms with E-state index in [-0.39, 0.29) is 11.6 Å². The van der Waals surface area contributed by atoms with E-state index in [4.69, 9.17) is 15.2 Å². The first kappa shape index (κ1) is 13.4. The number of hydrogen-bond acceptors (Lipinski definition) is 3. The monoisotopic (exact) mass is 325 g/mol. The first-order valence-electron chi connectivity index (χ1n) is 6.97. The van der Waals surface area contributed by atoms with Gasteiger partial charge in [-0.2, -0.15) is 0 Å². The molecular weight excluding hydrogens is 306 g/mol. The molecule has 1 spiro atoms. The van der Waals surface area contributed by atoms with Crippen molar-refractivity contribution in [2.45, 2.75) is 50.4 Å². The highest BCUT2D eigenvalue weighted by Crippen LogP contribution is 2.45. The maximum absolute atomic E-state index is 6.37. The summed E-state index contributed by atoms with van der Waals surface area (Å²) in [6.45, 7) is 2.94. The van der Waals surface area contributed by atoms with E-state index in [2.05, 4.69) is 28.9 Å². The first-order valence-corrected chi connectivity index (χ1v) is 7.77. The van der Waals surface area contributed by atoms with Crippen molar-refractivity contribution in [2.75, 3.05) is 6.61 Å². The average Bonchev–Trinajstić information content (AvgIpc) is 2.40. The van der Waals surface area contributed by atoms with Crippen molar-refractivity contribution in [2.24, 2.45) is 5.73 Å². The molecule has 1 aromatic rings. The highest BCUT2D eigenvalue weighted by molar-refractivity contribution is 9.10. The third kappa shape index (κ3) is 2.54. The molecule has 1 aromatic carbocycles. The minimum atomic E-state index is -0.126. The van der Waals surface area contributed by atoms with Crippen LogP contribution in [-0.4, -0.2) is 18.3 Å². The van der Waals surface area contributed by atoms with Crippen molar-refractivity contribution >= 4 is 15.9 Å². The maximum Gasteiger partial charge on any atom is 0.124 e. The molecule has 2 aliphatic heterocycles. The summed E-state index contributed by atoms with van der Waals surface area (Å²) in [7, 11) is 0. The summed E-state index contributed by atoms with van der Waals surface area (Å²) in [5.41, 5.74) is 7.35. The fourth-order valence-electron chi connectivity index (χ4n) is 3.22. The van der Waals surface area contributed by atoms with Gasteiger partial charge in [-0.05, 0) is 24.6 Å². The van der Waals surface area contributed by atoms with Crippen molar-refractivity contribution in [1.29, 1.82) is 0 Å². The predicted octanol–water partition coefficient (Wildman–Crippen LogP) is 3.56. The predicted molar refractivity (Wildman–Crippen MR) is 78.3 cm³/mol. The summed E-state index contributed by atoms with van der Waals surface area (Å²) in [5, 5.41) is 0. The zero-order valence-electron chi connectivity index (χ0n) is 11.2. The van der Waals surface area contributed by atoms with Crippen LogP contribution in [-0.2, 0) is 4.74 Å². The van der Waals surface area contributed by atoms with Crippen LogP contribution in [0, 0.1) is 0 Å². The van der Waals surface area contributed by atoms with Gasteiger partial charge in [-0.15, -0.1) is 0 Å². The Hall–Kier alpha value is -0.580. The van der Waals surface area contributed by atoms with Crippen LogP contribution in [0.4, 0.5) is 0 Å². The normalized spacial score (nSPS) is 33.8. The minimum absolute atomic E-state index is 0.0526. The Morgan fingerprint density at radius 3 is 3.05 bits per heavy atom. The van der Waals surface area contributed by atoms with Gasteiger partial charge in [0.05, 0.1) is 12.7 Å². The smallest absolute Gasteiger partial charge is 0.124 e. The second kappa shape index (κ2) is 5.08. The van der Waals surface area contributed by atoms with Crippen LogP contribution in [0.3, 0.4) is 0 Å². The molecule has 3 nitrogen and oxygen atoms in total. The van der Waals surface area contributed by atoms with Crippen LogP contribution in [0.2, 0.25) is 0 Å². The van der Waals surface area contributed by atoms with Crippen molar-refractivity contribution in [3.05, 3.63) is 28.2 Å². The van der Waals surface area contributed by atoms with Gasteiger partial charge in [-0.3, -0.25) is 0 Å². The van der Waals surface area contributed by atoms with E-state index in [0.29, 0.717) is 6.10 Å². The Balaban J connectivity index is 1.89. The van der Waals surface area contributed by atoms with Gasteiger partial charge >= 0.3 is 0 Å². The highest BCUT2D eigenvalue weighted by atomic mass is 79.9. The van der Waals surface area contributed by atoms with E-state index in [1.165, 1.54) is 0 Å². The largest absolute Gasteiger partial charge is 0.487 e. The van der Waals surface area contributed by atoms with E-state index in [1.807, 2.05) is 12.1 Å². The van der Waals surface area contributed by atoms with E-state index >= 15 is 0 Å². The standard InChI is InChI=1S/C15H20BrNO2/c1-2-11-8-15(5-6-18-11)9-13(17)12-7-10(16)3-4-14(12)19-15/h3-4,7,11,13H,2,5-6,8-9,17H2,1H3. The van der Waals surface area contributed by atoms with Crippen molar-refractivity contribution < 1.29 is 9.47 Å². The van der Waals surface area contributed by atoms with E-state index in [1.54, 1.807) is 0 Å². The molecule has 4 heteroatoms. The van der Waals surface area contributed by atoms with Crippen LogP contribution in [0.25, 0.3) is 0 Å². The lowest BCUT2D eigenvalue weighted by atomic mass is 9.80. The zero-order chi connectivity index (χ0) is 13.5. The molecule has 2 N–H and O–H groups in total. The summed E-state index contributed by atoms with van der Waals surface area (Å²) in [5.74, 6) is 0.943. The molecule has 0 radical (unpaired) electrons. The average molecular weight is 326 g/mol. The molecular formula is C15H20BrNO2. The fourth-order valence-corrected chi connectivity index (χ4v) is 3.59. The fraction of sp³-hybridized carbons (Fsp3) is 0.600. The Labute approximate surface area is 122 Å². The molecule has 1 saturated heterocycles. The Kier molecular flexibility index (Phi) is 3.58. The molecule has 0 amide bonds. The van der Waals surface area contributed by atoms with Gasteiger partial charge in [-0.1, -0.05) is 22.9 Å². The van der Waals surface area contributed by atoms with Gasteiger partial charge in [0.15, 0.2) is 0 Å². The van der Waals surface area contributed by atoms with Gasteiger partial charge in [0, 0.05) is 35.3 Å². The van der Waals surface area contributed by atoms with Crippen molar-refractivity contribution in [3.8, 4) is 5.75 Å². The molecule has 2 aliphatic rings. The Morgan fingerprint density at radius 2 is 2.26 bits per heavy atom. The number of benzene rings is 1. The quantitative estimate of drug-likeness (QED) is 0.858. The molecule has 1 fully saturated rings. The molecule has 3 rings (SSSR count). The molecule has 3 unspecified atom stereocenters. The van der Waals surface area contributed by atoms with Crippen molar-refractivity contribution in [1.82, 2.24) is 0 Å². The number of fused-ring (bicyclic) bond motifs is 1. The van der Waals surface area contributed by atoms with Gasteiger partial charge in [0.2, 0.25) is 0 Å². The second-order valence-electron chi connectivity index (χ2n) is 5.63.